The van der Waals surface area contributed by atoms with Gasteiger partial charge < -0.3 is 0 Å². The fraction of sp³-hybridized carbons (Fsp3) is 0.571. The molecule has 2 aromatic rings. The number of unbranched alkanes of at least 4 members (excludes halogenated alkanes) is 5. The van der Waals surface area contributed by atoms with E-state index in [4.69, 9.17) is 2.51 Å². The minimum absolute atomic E-state index is 0.0522. The van der Waals surface area contributed by atoms with Crippen molar-refractivity contribution >= 4 is 10.1 Å². The van der Waals surface area contributed by atoms with Gasteiger partial charge in [0.1, 0.15) is 0 Å². The molecule has 0 atom stereocenters. The molecule has 33 heavy (non-hydrogen) atoms. The molecule has 5 heteroatoms. The number of benzene rings is 2. The maximum atomic E-state index is 12.9. The minimum atomic E-state index is -3.58. The van der Waals surface area contributed by atoms with Crippen molar-refractivity contribution in [2.24, 2.45) is 0 Å². The summed E-state index contributed by atoms with van der Waals surface area (Å²) in [5, 5.41) is 0. The van der Waals surface area contributed by atoms with Crippen molar-refractivity contribution in [2.45, 2.75) is 97.8 Å². The van der Waals surface area contributed by atoms with E-state index in [0.717, 1.165) is 20.0 Å². The Labute approximate surface area is 210 Å². The Kier molecular flexibility index (Phi) is 10.4. The first-order chi connectivity index (χ1) is 15.3. The van der Waals surface area contributed by atoms with Crippen LogP contribution in [-0.2, 0) is 23.5 Å². The van der Waals surface area contributed by atoms with Crippen LogP contribution in [0.1, 0.15) is 98.1 Å². The second-order valence-electron chi connectivity index (χ2n) is 10.9. The quantitative estimate of drug-likeness (QED) is 0.287. The van der Waals surface area contributed by atoms with Gasteiger partial charge in [-0.2, -0.15) is 8.42 Å². The molecule has 0 saturated carbocycles. The SMILES string of the molecule is CCCCCCCCS(=O)(=O)O[I+](c1ccc(C(C)(C)C)cc1)c1ccc(C(C)(C)C)cc1. The average molecular weight is 587 g/mol. The van der Waals surface area contributed by atoms with E-state index in [0.29, 0.717) is 6.42 Å². The molecule has 0 unspecified atom stereocenters. The lowest BCUT2D eigenvalue weighted by Crippen LogP contribution is -3.85. The molecular formula is C28H43IO3S+. The average Bonchev–Trinajstić information content (AvgIpc) is 2.73. The van der Waals surface area contributed by atoms with Crippen molar-refractivity contribution in [1.29, 1.82) is 0 Å². The summed E-state index contributed by atoms with van der Waals surface area (Å²) in [5.74, 6) is 0.104. The van der Waals surface area contributed by atoms with Crippen LogP contribution in [0.15, 0.2) is 48.5 Å². The summed E-state index contributed by atoms with van der Waals surface area (Å²) in [4.78, 5) is 0. The molecular weight excluding hydrogens is 543 g/mol. The summed E-state index contributed by atoms with van der Waals surface area (Å²) >= 11 is -2.61. The molecule has 0 aliphatic rings. The van der Waals surface area contributed by atoms with E-state index < -0.39 is 30.4 Å². The minimum Gasteiger partial charge on any atom is -0.196 e. The Morgan fingerprint density at radius 2 is 1.06 bits per heavy atom. The van der Waals surface area contributed by atoms with E-state index >= 15 is 0 Å². The highest BCUT2D eigenvalue weighted by atomic mass is 127. The van der Waals surface area contributed by atoms with Gasteiger partial charge in [-0.25, -0.2) is 0 Å². The first-order valence-electron chi connectivity index (χ1n) is 12.2. The molecule has 0 fully saturated rings. The van der Waals surface area contributed by atoms with Crippen LogP contribution in [0, 0.1) is 7.14 Å². The van der Waals surface area contributed by atoms with Gasteiger partial charge in [0.2, 0.25) is 0 Å². The summed E-state index contributed by atoms with van der Waals surface area (Å²) in [7, 11) is -3.58. The third-order valence-corrected chi connectivity index (χ3v) is 13.3. The van der Waals surface area contributed by atoms with Crippen LogP contribution in [0.4, 0.5) is 0 Å². The van der Waals surface area contributed by atoms with Gasteiger partial charge in [0.25, 0.3) is 0 Å². The van der Waals surface area contributed by atoms with Gasteiger partial charge in [-0.05, 0) is 55.2 Å². The summed E-state index contributed by atoms with van der Waals surface area (Å²) in [6, 6.07) is 16.8. The van der Waals surface area contributed by atoms with Crippen LogP contribution in [-0.4, -0.2) is 14.2 Å². The molecule has 0 spiro atoms. The Hall–Kier alpha value is -0.920. The molecule has 3 nitrogen and oxygen atoms in total. The van der Waals surface area contributed by atoms with E-state index in [-0.39, 0.29) is 16.6 Å². The third kappa shape index (κ3) is 9.33. The van der Waals surface area contributed by atoms with Crippen molar-refractivity contribution in [3.63, 3.8) is 0 Å². The first kappa shape index (κ1) is 28.3. The number of hydrogen-bond acceptors (Lipinski definition) is 3. The normalized spacial score (nSPS) is 13.0. The van der Waals surface area contributed by atoms with E-state index in [2.05, 4.69) is 97.0 Å². The Morgan fingerprint density at radius 1 is 0.667 bits per heavy atom. The van der Waals surface area contributed by atoms with Crippen LogP contribution in [0.5, 0.6) is 0 Å². The highest BCUT2D eigenvalue weighted by Gasteiger charge is 2.37. The molecule has 1 radical (unpaired) electrons. The van der Waals surface area contributed by atoms with Crippen molar-refractivity contribution < 1.29 is 31.2 Å². The molecule has 2 rings (SSSR count). The Bertz CT molecular complexity index is 893. The van der Waals surface area contributed by atoms with Crippen LogP contribution in [0.2, 0.25) is 0 Å². The number of halogens is 1. The van der Waals surface area contributed by atoms with E-state index in [9.17, 15) is 8.42 Å². The largest absolute Gasteiger partial charge is 0.324 e. The predicted molar refractivity (Wildman–Crippen MR) is 136 cm³/mol. The second kappa shape index (κ2) is 12.2. The summed E-state index contributed by atoms with van der Waals surface area (Å²) < 4.78 is 33.9. The highest BCUT2D eigenvalue weighted by Crippen LogP contribution is 2.22. The lowest BCUT2D eigenvalue weighted by molar-refractivity contribution is -1.03. The summed E-state index contributed by atoms with van der Waals surface area (Å²) in [6.45, 7) is 15.3. The van der Waals surface area contributed by atoms with Gasteiger partial charge in [-0.15, -0.1) is 0 Å². The monoisotopic (exact) mass is 586 g/mol. The van der Waals surface area contributed by atoms with E-state index in [1.807, 2.05) is 0 Å². The molecule has 0 N–H and O–H groups in total. The molecule has 0 amide bonds. The summed E-state index contributed by atoms with van der Waals surface area (Å²) in [5.41, 5.74) is 2.58. The third-order valence-electron chi connectivity index (χ3n) is 5.72. The predicted octanol–water partition coefficient (Wildman–Crippen LogP) is 4.57. The zero-order valence-electron chi connectivity index (χ0n) is 21.6. The van der Waals surface area contributed by atoms with Crippen LogP contribution in [0.3, 0.4) is 0 Å². The van der Waals surface area contributed by atoms with Gasteiger partial charge in [0.05, 0.1) is 5.75 Å². The van der Waals surface area contributed by atoms with E-state index in [1.54, 1.807) is 0 Å². The van der Waals surface area contributed by atoms with Gasteiger partial charge in [0.15, 0.2) is 7.14 Å². The van der Waals surface area contributed by atoms with E-state index in [1.165, 1.54) is 30.4 Å². The van der Waals surface area contributed by atoms with Crippen molar-refractivity contribution in [2.75, 3.05) is 5.75 Å². The van der Waals surface area contributed by atoms with Crippen molar-refractivity contribution in [1.82, 2.24) is 0 Å². The standard InChI is InChI=1S/C28H43IO3S/c1-8-9-10-11-12-13-22-33(30,31)32-29(25-18-14-23(15-19-25)27(2,3)4)26-20-16-24(17-21-26)28(5,6)7/h14-21H,8-13,22H2,1-7H3/q+1. The first-order valence-corrected chi connectivity index (χ1v) is 16.8. The number of hydrogen-bond donors (Lipinski definition) is 0. The lowest BCUT2D eigenvalue weighted by Gasteiger charge is -2.19. The van der Waals surface area contributed by atoms with Gasteiger partial charge in [0, 0.05) is 0 Å². The molecule has 0 saturated heterocycles. The fourth-order valence-electron chi connectivity index (χ4n) is 3.51. The molecule has 0 bridgehead atoms. The van der Waals surface area contributed by atoms with Crippen molar-refractivity contribution in [3.05, 3.63) is 66.8 Å². The Morgan fingerprint density at radius 3 is 1.45 bits per heavy atom. The van der Waals surface area contributed by atoms with Crippen molar-refractivity contribution in [3.8, 4) is 0 Å². The molecule has 0 aliphatic heterocycles. The zero-order chi connectivity index (χ0) is 24.7. The van der Waals surface area contributed by atoms with Gasteiger partial charge in [-0.1, -0.05) is 105 Å². The van der Waals surface area contributed by atoms with Gasteiger partial charge >= 0.3 is 30.4 Å². The van der Waals surface area contributed by atoms with Crippen LogP contribution < -0.4 is 20.2 Å². The highest BCUT2D eigenvalue weighted by molar-refractivity contribution is 7.86. The smallest absolute Gasteiger partial charge is 0.196 e. The molecule has 0 aromatic heterocycles. The lowest BCUT2D eigenvalue weighted by atomic mass is 9.87. The zero-order valence-corrected chi connectivity index (χ0v) is 24.6. The summed E-state index contributed by atoms with van der Waals surface area (Å²) in [6.07, 6.45) is 6.29. The van der Waals surface area contributed by atoms with Crippen LogP contribution >= 0.6 is 0 Å². The molecule has 0 heterocycles. The maximum Gasteiger partial charge on any atom is 0.324 e. The molecule has 185 valence electrons. The molecule has 0 aliphatic carbocycles. The Balaban J connectivity index is 2.25. The molecule has 2 aromatic carbocycles. The maximum absolute atomic E-state index is 12.9. The fourth-order valence-corrected chi connectivity index (χ4v) is 10.6. The van der Waals surface area contributed by atoms with Crippen LogP contribution in [0.25, 0.3) is 0 Å². The second-order valence-corrected chi connectivity index (χ2v) is 17.5. The van der Waals surface area contributed by atoms with Gasteiger partial charge in [-0.3, -0.25) is 0 Å². The number of rotatable bonds is 11. The topological polar surface area (TPSA) is 43.4 Å².